The summed E-state index contributed by atoms with van der Waals surface area (Å²) >= 11 is 0. The molecule has 2 nitrogen and oxygen atoms in total. The van der Waals surface area contributed by atoms with E-state index in [2.05, 4.69) is 4.98 Å². The zero-order valence-electron chi connectivity index (χ0n) is 9.17. The number of phenolic OH excluding ortho intramolecular Hbond substituents is 1. The molecule has 0 aliphatic carbocycles. The van der Waals surface area contributed by atoms with Crippen molar-refractivity contribution in [3.05, 3.63) is 60.8 Å². The number of rotatable bonds is 1. The van der Waals surface area contributed by atoms with Gasteiger partial charge in [-0.25, -0.2) is 0 Å². The van der Waals surface area contributed by atoms with Crippen LogP contribution in [0.2, 0.25) is 0 Å². The SMILES string of the molecule is Oc1cc2ccccc2cc1-c1ccccn1. The predicted octanol–water partition coefficient (Wildman–Crippen LogP) is 3.61. The minimum absolute atomic E-state index is 0.266. The molecular formula is C15H11NO. The molecule has 2 aromatic carbocycles. The summed E-state index contributed by atoms with van der Waals surface area (Å²) in [6, 6.07) is 17.4. The molecule has 1 N–H and O–H groups in total. The highest BCUT2D eigenvalue weighted by molar-refractivity contribution is 5.89. The molecule has 0 aliphatic heterocycles. The van der Waals surface area contributed by atoms with Crippen molar-refractivity contribution in [3.8, 4) is 17.0 Å². The van der Waals surface area contributed by atoms with E-state index in [0.29, 0.717) is 0 Å². The Hall–Kier alpha value is -2.35. The quantitative estimate of drug-likeness (QED) is 0.681. The van der Waals surface area contributed by atoms with Gasteiger partial charge in [-0.15, -0.1) is 0 Å². The zero-order chi connectivity index (χ0) is 11.7. The van der Waals surface area contributed by atoms with Gasteiger partial charge in [0, 0.05) is 11.8 Å². The van der Waals surface area contributed by atoms with Crippen LogP contribution in [-0.2, 0) is 0 Å². The first-order valence-electron chi connectivity index (χ1n) is 5.48. The zero-order valence-corrected chi connectivity index (χ0v) is 9.17. The fourth-order valence-electron chi connectivity index (χ4n) is 1.96. The van der Waals surface area contributed by atoms with Gasteiger partial charge < -0.3 is 5.11 Å². The fraction of sp³-hybridized carbons (Fsp3) is 0. The highest BCUT2D eigenvalue weighted by Gasteiger charge is 2.06. The molecule has 3 aromatic rings. The van der Waals surface area contributed by atoms with Crippen LogP contribution in [0.4, 0.5) is 0 Å². The summed E-state index contributed by atoms with van der Waals surface area (Å²) < 4.78 is 0. The van der Waals surface area contributed by atoms with E-state index >= 15 is 0 Å². The third-order valence-corrected chi connectivity index (χ3v) is 2.80. The van der Waals surface area contributed by atoms with Crippen molar-refractivity contribution < 1.29 is 5.11 Å². The number of phenols is 1. The molecule has 0 saturated carbocycles. The number of aromatic nitrogens is 1. The number of nitrogens with zero attached hydrogens (tertiary/aromatic N) is 1. The van der Waals surface area contributed by atoms with Gasteiger partial charge in [-0.2, -0.15) is 0 Å². The molecule has 0 spiro atoms. The maximum absolute atomic E-state index is 10.0. The van der Waals surface area contributed by atoms with Gasteiger partial charge in [0.05, 0.1) is 5.69 Å². The summed E-state index contributed by atoms with van der Waals surface area (Å²) in [6.07, 6.45) is 1.73. The average Bonchev–Trinajstić information content (AvgIpc) is 2.39. The molecule has 0 saturated heterocycles. The number of aromatic hydroxyl groups is 1. The van der Waals surface area contributed by atoms with Crippen LogP contribution in [0.15, 0.2) is 60.8 Å². The third-order valence-electron chi connectivity index (χ3n) is 2.80. The van der Waals surface area contributed by atoms with Crippen molar-refractivity contribution in [2.24, 2.45) is 0 Å². The highest BCUT2D eigenvalue weighted by Crippen LogP contribution is 2.31. The Labute approximate surface area is 99.2 Å². The van der Waals surface area contributed by atoms with Crippen molar-refractivity contribution in [2.45, 2.75) is 0 Å². The first-order valence-corrected chi connectivity index (χ1v) is 5.48. The van der Waals surface area contributed by atoms with Gasteiger partial charge in [0.25, 0.3) is 0 Å². The molecule has 0 radical (unpaired) electrons. The second-order valence-corrected chi connectivity index (χ2v) is 3.93. The lowest BCUT2D eigenvalue weighted by Gasteiger charge is -2.06. The Morgan fingerprint density at radius 2 is 1.53 bits per heavy atom. The maximum atomic E-state index is 10.0. The highest BCUT2D eigenvalue weighted by atomic mass is 16.3. The maximum Gasteiger partial charge on any atom is 0.125 e. The van der Waals surface area contributed by atoms with Gasteiger partial charge in [0.15, 0.2) is 0 Å². The molecule has 0 fully saturated rings. The lowest BCUT2D eigenvalue weighted by molar-refractivity contribution is 0.478. The van der Waals surface area contributed by atoms with E-state index in [-0.39, 0.29) is 5.75 Å². The van der Waals surface area contributed by atoms with Gasteiger partial charge in [-0.05, 0) is 35.0 Å². The van der Waals surface area contributed by atoms with Crippen LogP contribution in [0.3, 0.4) is 0 Å². The summed E-state index contributed by atoms with van der Waals surface area (Å²) in [6.45, 7) is 0. The van der Waals surface area contributed by atoms with Crippen LogP contribution < -0.4 is 0 Å². The van der Waals surface area contributed by atoms with E-state index in [1.807, 2.05) is 48.5 Å². The van der Waals surface area contributed by atoms with E-state index in [9.17, 15) is 5.11 Å². The van der Waals surface area contributed by atoms with E-state index < -0.39 is 0 Å². The number of pyridine rings is 1. The van der Waals surface area contributed by atoms with Crippen molar-refractivity contribution in [1.29, 1.82) is 0 Å². The minimum atomic E-state index is 0.266. The number of fused-ring (bicyclic) bond motifs is 1. The van der Waals surface area contributed by atoms with E-state index in [1.54, 1.807) is 12.3 Å². The van der Waals surface area contributed by atoms with Crippen molar-refractivity contribution in [2.75, 3.05) is 0 Å². The van der Waals surface area contributed by atoms with Crippen LogP contribution in [-0.4, -0.2) is 10.1 Å². The monoisotopic (exact) mass is 221 g/mol. The van der Waals surface area contributed by atoms with E-state index in [4.69, 9.17) is 0 Å². The van der Waals surface area contributed by atoms with Crippen LogP contribution in [0.5, 0.6) is 5.75 Å². The van der Waals surface area contributed by atoms with Crippen LogP contribution >= 0.6 is 0 Å². The first-order chi connectivity index (χ1) is 8.34. The molecule has 1 heterocycles. The normalized spacial score (nSPS) is 10.6. The predicted molar refractivity (Wildman–Crippen MR) is 68.8 cm³/mol. The Balaban J connectivity index is 2.27. The third kappa shape index (κ3) is 1.74. The van der Waals surface area contributed by atoms with Gasteiger partial charge in [-0.3, -0.25) is 4.98 Å². The Morgan fingerprint density at radius 1 is 0.824 bits per heavy atom. The minimum Gasteiger partial charge on any atom is -0.507 e. The summed E-state index contributed by atoms with van der Waals surface area (Å²) in [7, 11) is 0. The largest absolute Gasteiger partial charge is 0.507 e. The van der Waals surface area contributed by atoms with Gasteiger partial charge in [-0.1, -0.05) is 30.3 Å². The molecule has 17 heavy (non-hydrogen) atoms. The van der Waals surface area contributed by atoms with Crippen LogP contribution in [0.25, 0.3) is 22.0 Å². The summed E-state index contributed by atoms with van der Waals surface area (Å²) in [5.74, 6) is 0.266. The van der Waals surface area contributed by atoms with Crippen LogP contribution in [0.1, 0.15) is 0 Å². The van der Waals surface area contributed by atoms with Crippen molar-refractivity contribution in [1.82, 2.24) is 4.98 Å². The fourth-order valence-corrected chi connectivity index (χ4v) is 1.96. The lowest BCUT2D eigenvalue weighted by atomic mass is 10.0. The summed E-state index contributed by atoms with van der Waals surface area (Å²) in [4.78, 5) is 4.26. The first kappa shape index (κ1) is 9.85. The van der Waals surface area contributed by atoms with Crippen molar-refractivity contribution in [3.63, 3.8) is 0 Å². The average molecular weight is 221 g/mol. The second kappa shape index (κ2) is 3.91. The smallest absolute Gasteiger partial charge is 0.125 e. The molecule has 3 rings (SSSR count). The lowest BCUT2D eigenvalue weighted by Crippen LogP contribution is -1.83. The molecule has 0 aliphatic rings. The Morgan fingerprint density at radius 3 is 2.24 bits per heavy atom. The van der Waals surface area contributed by atoms with Crippen LogP contribution in [0, 0.1) is 0 Å². The van der Waals surface area contributed by atoms with Gasteiger partial charge >= 0.3 is 0 Å². The van der Waals surface area contributed by atoms with Gasteiger partial charge in [0.2, 0.25) is 0 Å². The topological polar surface area (TPSA) is 33.1 Å². The van der Waals surface area contributed by atoms with E-state index in [0.717, 1.165) is 22.0 Å². The molecule has 0 amide bonds. The summed E-state index contributed by atoms with van der Waals surface area (Å²) in [5, 5.41) is 12.2. The molecule has 0 unspecified atom stereocenters. The summed E-state index contributed by atoms with van der Waals surface area (Å²) in [5.41, 5.74) is 1.56. The molecule has 82 valence electrons. The van der Waals surface area contributed by atoms with Crippen molar-refractivity contribution >= 4 is 10.8 Å². The van der Waals surface area contributed by atoms with Gasteiger partial charge in [0.1, 0.15) is 5.75 Å². The number of hydrogen-bond acceptors (Lipinski definition) is 2. The molecular weight excluding hydrogens is 210 g/mol. The molecule has 0 bridgehead atoms. The second-order valence-electron chi connectivity index (χ2n) is 3.93. The molecule has 1 aromatic heterocycles. The Kier molecular flexibility index (Phi) is 2.26. The molecule has 2 heteroatoms. The Bertz CT molecular complexity index is 662. The number of benzene rings is 2. The van der Waals surface area contributed by atoms with E-state index in [1.165, 1.54) is 0 Å². The molecule has 0 atom stereocenters. The number of hydrogen-bond donors (Lipinski definition) is 1. The standard InChI is InChI=1S/C15H11NO/c17-15-10-12-6-2-1-5-11(12)9-13(15)14-7-3-4-8-16-14/h1-10,17H.